The quantitative estimate of drug-likeness (QED) is 0.892. The second-order valence-corrected chi connectivity index (χ2v) is 6.46. The molecule has 0 spiro atoms. The van der Waals surface area contributed by atoms with Crippen LogP contribution in [0.2, 0.25) is 0 Å². The zero-order chi connectivity index (χ0) is 12.3. The lowest BCUT2D eigenvalue weighted by molar-refractivity contribution is 0.472. The van der Waals surface area contributed by atoms with Gasteiger partial charge in [-0.05, 0) is 37.2 Å². The van der Waals surface area contributed by atoms with Crippen molar-refractivity contribution in [2.75, 3.05) is 23.4 Å². The van der Waals surface area contributed by atoms with Gasteiger partial charge in [-0.2, -0.15) is 11.8 Å². The Morgan fingerprint density at radius 2 is 2.18 bits per heavy atom. The summed E-state index contributed by atoms with van der Waals surface area (Å²) in [5.41, 5.74) is 1.12. The Hall–Kier alpha value is -0.640. The molecule has 0 radical (unpaired) electrons. The maximum absolute atomic E-state index is 4.60. The van der Waals surface area contributed by atoms with E-state index in [0.29, 0.717) is 12.0 Å². The number of aromatic nitrogens is 2. The van der Waals surface area contributed by atoms with E-state index in [1.165, 1.54) is 24.3 Å². The van der Waals surface area contributed by atoms with E-state index < -0.39 is 0 Å². The number of hydrogen-bond donors (Lipinski definition) is 1. The van der Waals surface area contributed by atoms with Gasteiger partial charge in [0, 0.05) is 18.8 Å². The highest BCUT2D eigenvalue weighted by Crippen LogP contribution is 2.29. The molecule has 0 aromatic carbocycles. The van der Waals surface area contributed by atoms with Crippen LogP contribution >= 0.6 is 11.8 Å². The minimum atomic E-state index is 0.645. The summed E-state index contributed by atoms with van der Waals surface area (Å²) in [5.74, 6) is 4.28. The van der Waals surface area contributed by atoms with Gasteiger partial charge >= 0.3 is 0 Å². The molecule has 0 unspecified atom stereocenters. The molecule has 1 N–H and O–H groups in total. The third kappa shape index (κ3) is 3.41. The third-order valence-corrected chi connectivity index (χ3v) is 4.15. The highest BCUT2D eigenvalue weighted by molar-refractivity contribution is 7.99. The van der Waals surface area contributed by atoms with E-state index in [1.54, 1.807) is 0 Å². The third-order valence-electron chi connectivity index (χ3n) is 3.11. The maximum atomic E-state index is 4.60. The minimum absolute atomic E-state index is 0.645. The van der Waals surface area contributed by atoms with E-state index in [9.17, 15) is 0 Å². The van der Waals surface area contributed by atoms with Crippen LogP contribution in [0.25, 0.3) is 0 Å². The van der Waals surface area contributed by atoms with E-state index in [2.05, 4.69) is 53.6 Å². The van der Waals surface area contributed by atoms with Gasteiger partial charge in [0.2, 0.25) is 5.95 Å². The zero-order valence-corrected chi connectivity index (χ0v) is 11.9. The summed E-state index contributed by atoms with van der Waals surface area (Å²) in [7, 11) is 0. The molecule has 1 aromatic heterocycles. The fourth-order valence-corrected chi connectivity index (χ4v) is 3.27. The van der Waals surface area contributed by atoms with Crippen molar-refractivity contribution in [2.24, 2.45) is 5.92 Å². The van der Waals surface area contributed by atoms with Gasteiger partial charge in [-0.3, -0.25) is 0 Å². The lowest BCUT2D eigenvalue weighted by Crippen LogP contribution is -2.19. The molecule has 1 aliphatic rings. The molecule has 0 amide bonds. The molecule has 1 saturated heterocycles. The number of rotatable bonds is 4. The van der Waals surface area contributed by atoms with Crippen molar-refractivity contribution >= 4 is 17.7 Å². The van der Waals surface area contributed by atoms with Gasteiger partial charge < -0.3 is 9.88 Å². The number of anilines is 1. The van der Waals surface area contributed by atoms with Crippen molar-refractivity contribution in [2.45, 2.75) is 39.7 Å². The lowest BCUT2D eigenvalue weighted by atomic mass is 10.1. The Bertz CT molecular complexity index is 354. The predicted molar refractivity (Wildman–Crippen MR) is 75.9 cm³/mol. The van der Waals surface area contributed by atoms with E-state index in [4.69, 9.17) is 0 Å². The molecule has 0 saturated carbocycles. The van der Waals surface area contributed by atoms with Crippen molar-refractivity contribution < 1.29 is 0 Å². The van der Waals surface area contributed by atoms with Crippen LogP contribution in [0.5, 0.6) is 0 Å². The molecule has 2 rings (SSSR count). The summed E-state index contributed by atoms with van der Waals surface area (Å²) in [6, 6.07) is 0.645. The molecule has 17 heavy (non-hydrogen) atoms. The van der Waals surface area contributed by atoms with Gasteiger partial charge in [0.25, 0.3) is 0 Å². The summed E-state index contributed by atoms with van der Waals surface area (Å²) in [6.45, 7) is 7.53. The number of nitrogens with zero attached hydrogens (tertiary/aromatic N) is 2. The van der Waals surface area contributed by atoms with E-state index in [-0.39, 0.29) is 0 Å². The van der Waals surface area contributed by atoms with Crippen LogP contribution in [-0.4, -0.2) is 27.6 Å². The van der Waals surface area contributed by atoms with Crippen molar-refractivity contribution in [1.29, 1.82) is 0 Å². The van der Waals surface area contributed by atoms with E-state index in [1.807, 2.05) is 0 Å². The molecule has 2 heterocycles. The number of nitrogens with one attached hydrogen (secondary N) is 1. The highest BCUT2D eigenvalue weighted by Gasteiger charge is 2.18. The molecule has 4 heteroatoms. The average Bonchev–Trinajstić information content (AvgIpc) is 2.69. The topological polar surface area (TPSA) is 29.9 Å². The summed E-state index contributed by atoms with van der Waals surface area (Å²) in [4.78, 5) is 4.60. The summed E-state index contributed by atoms with van der Waals surface area (Å²) in [6.07, 6.45) is 4.75. The summed E-state index contributed by atoms with van der Waals surface area (Å²) >= 11 is 2.07. The van der Waals surface area contributed by atoms with Crippen LogP contribution in [0.15, 0.2) is 6.20 Å². The Morgan fingerprint density at radius 1 is 1.47 bits per heavy atom. The number of aryl methyl sites for hydroxylation is 1. The van der Waals surface area contributed by atoms with Gasteiger partial charge in [0.1, 0.15) is 0 Å². The molecule has 0 bridgehead atoms. The fourth-order valence-electron chi connectivity index (χ4n) is 2.18. The normalized spacial score (nSPS) is 17.6. The van der Waals surface area contributed by atoms with E-state index in [0.717, 1.165) is 18.2 Å². The van der Waals surface area contributed by atoms with Gasteiger partial charge in [0.05, 0.1) is 5.69 Å². The molecule has 1 fully saturated rings. The average molecular weight is 253 g/mol. The maximum Gasteiger partial charge on any atom is 0.203 e. The van der Waals surface area contributed by atoms with Gasteiger partial charge in [-0.1, -0.05) is 13.8 Å². The first-order valence-electron chi connectivity index (χ1n) is 6.54. The molecule has 0 aliphatic carbocycles. The first kappa shape index (κ1) is 12.8. The molecular formula is C13H23N3S. The molecule has 1 aliphatic heterocycles. The summed E-state index contributed by atoms with van der Waals surface area (Å²) in [5, 5.41) is 3.48. The van der Waals surface area contributed by atoms with Crippen molar-refractivity contribution in [3.05, 3.63) is 11.9 Å². The molecule has 0 atom stereocenters. The largest absolute Gasteiger partial charge is 0.355 e. The van der Waals surface area contributed by atoms with Gasteiger partial charge in [-0.15, -0.1) is 0 Å². The number of thioether (sulfide) groups is 1. The molecule has 96 valence electrons. The molecular weight excluding hydrogens is 230 g/mol. The van der Waals surface area contributed by atoms with Crippen molar-refractivity contribution in [3.8, 4) is 0 Å². The van der Waals surface area contributed by atoms with Crippen LogP contribution in [-0.2, 0) is 0 Å². The standard InChI is InChI=1S/C13H23N3S/c1-10(2)8-14-13-15-11(3)9-16(13)12-4-6-17-7-5-12/h9-10,12H,4-8H2,1-3H3,(H,14,15). The van der Waals surface area contributed by atoms with Crippen LogP contribution in [0.1, 0.15) is 38.4 Å². The molecule has 1 aromatic rings. The minimum Gasteiger partial charge on any atom is -0.355 e. The Labute approximate surface area is 108 Å². The predicted octanol–water partition coefficient (Wildman–Crippen LogP) is 3.33. The number of imidazole rings is 1. The Kier molecular flexibility index (Phi) is 4.37. The fraction of sp³-hybridized carbons (Fsp3) is 0.769. The number of hydrogen-bond acceptors (Lipinski definition) is 3. The lowest BCUT2D eigenvalue weighted by Gasteiger charge is -2.24. The molecule has 3 nitrogen and oxygen atoms in total. The SMILES string of the molecule is Cc1cn(C2CCSCC2)c(NCC(C)C)n1. The smallest absolute Gasteiger partial charge is 0.203 e. The second kappa shape index (κ2) is 5.80. The zero-order valence-electron chi connectivity index (χ0n) is 11.1. The van der Waals surface area contributed by atoms with Gasteiger partial charge in [0.15, 0.2) is 0 Å². The monoisotopic (exact) mass is 253 g/mol. The van der Waals surface area contributed by atoms with Crippen molar-refractivity contribution in [1.82, 2.24) is 9.55 Å². The Balaban J connectivity index is 2.08. The Morgan fingerprint density at radius 3 is 2.82 bits per heavy atom. The summed E-state index contributed by atoms with van der Waals surface area (Å²) < 4.78 is 2.36. The van der Waals surface area contributed by atoms with Crippen LogP contribution in [0, 0.1) is 12.8 Å². The van der Waals surface area contributed by atoms with E-state index >= 15 is 0 Å². The first-order chi connectivity index (χ1) is 8.16. The van der Waals surface area contributed by atoms with Crippen molar-refractivity contribution in [3.63, 3.8) is 0 Å². The van der Waals surface area contributed by atoms with Crippen LogP contribution in [0.3, 0.4) is 0 Å². The van der Waals surface area contributed by atoms with Crippen LogP contribution in [0.4, 0.5) is 5.95 Å². The first-order valence-corrected chi connectivity index (χ1v) is 7.69. The van der Waals surface area contributed by atoms with Crippen LogP contribution < -0.4 is 5.32 Å². The van der Waals surface area contributed by atoms with Gasteiger partial charge in [-0.25, -0.2) is 4.98 Å². The second-order valence-electron chi connectivity index (χ2n) is 5.23. The highest BCUT2D eigenvalue weighted by atomic mass is 32.2.